The normalized spacial score (nSPS) is 34.7. The Hall–Kier alpha value is -1.80. The van der Waals surface area contributed by atoms with Crippen molar-refractivity contribution in [3.8, 4) is 0 Å². The molecule has 0 amide bonds. The molecule has 0 spiro atoms. The van der Waals surface area contributed by atoms with E-state index in [1.165, 1.54) is 0 Å². The first-order chi connectivity index (χ1) is 12.8. The monoisotopic (exact) mass is 358 g/mol. The van der Waals surface area contributed by atoms with Crippen LogP contribution in [-0.4, -0.2) is 47.8 Å². The minimum Gasteiger partial charge on any atom is -0.394 e. The molecule has 6 nitrogen and oxygen atoms in total. The lowest BCUT2D eigenvalue weighted by molar-refractivity contribution is -0.249. The van der Waals surface area contributed by atoms with E-state index in [1.54, 1.807) is 0 Å². The Balaban J connectivity index is 1.61. The minimum atomic E-state index is -0.977. The highest BCUT2D eigenvalue weighted by Gasteiger charge is 2.45. The average molecular weight is 358 g/mol. The Labute approximate surface area is 151 Å². The smallest absolute Gasteiger partial charge is 0.184 e. The molecule has 4 rings (SSSR count). The number of hydrogen-bond donors (Lipinski definition) is 2. The van der Waals surface area contributed by atoms with E-state index in [0.29, 0.717) is 0 Å². The molecule has 2 heterocycles. The number of ether oxygens (including phenoxy) is 4. The molecule has 0 aromatic heterocycles. The van der Waals surface area contributed by atoms with Crippen LogP contribution in [0.1, 0.15) is 23.7 Å². The molecule has 2 bridgehead atoms. The van der Waals surface area contributed by atoms with Crippen LogP contribution in [-0.2, 0) is 18.9 Å². The summed E-state index contributed by atoms with van der Waals surface area (Å²) < 4.78 is 23.8. The first-order valence-electron chi connectivity index (χ1n) is 8.73. The van der Waals surface area contributed by atoms with Crippen molar-refractivity contribution < 1.29 is 29.2 Å². The van der Waals surface area contributed by atoms with Gasteiger partial charge in [0, 0.05) is 11.1 Å². The second-order valence-corrected chi connectivity index (χ2v) is 6.44. The Bertz CT molecular complexity index is 692. The molecule has 0 saturated carbocycles. The molecule has 0 aliphatic carbocycles. The van der Waals surface area contributed by atoms with Gasteiger partial charge in [-0.3, -0.25) is 0 Å². The van der Waals surface area contributed by atoms with Gasteiger partial charge in [-0.1, -0.05) is 60.7 Å². The molecule has 0 radical (unpaired) electrons. The highest BCUT2D eigenvalue weighted by molar-refractivity contribution is 5.18. The van der Waals surface area contributed by atoms with E-state index in [1.807, 2.05) is 60.7 Å². The molecule has 2 N–H and O–H groups in total. The maximum atomic E-state index is 10.8. The van der Waals surface area contributed by atoms with Gasteiger partial charge in [0.05, 0.1) is 13.2 Å². The lowest BCUT2D eigenvalue weighted by Gasteiger charge is -2.29. The van der Waals surface area contributed by atoms with Crippen LogP contribution in [0.2, 0.25) is 0 Å². The fourth-order valence-corrected chi connectivity index (χ4v) is 3.31. The average Bonchev–Trinajstić information content (AvgIpc) is 2.94. The van der Waals surface area contributed by atoms with E-state index < -0.39 is 37.0 Å². The minimum absolute atomic E-state index is 0.155. The third kappa shape index (κ3) is 3.53. The van der Waals surface area contributed by atoms with Gasteiger partial charge in [0.25, 0.3) is 0 Å². The summed E-state index contributed by atoms with van der Waals surface area (Å²) in [5.41, 5.74) is 1.64. The number of fused-ring (bicyclic) bond motifs is 2. The Kier molecular flexibility index (Phi) is 5.31. The molecule has 6 heteroatoms. The van der Waals surface area contributed by atoms with Gasteiger partial charge < -0.3 is 29.2 Å². The zero-order valence-electron chi connectivity index (χ0n) is 14.2. The third-order valence-corrected chi connectivity index (χ3v) is 4.70. The van der Waals surface area contributed by atoms with Crippen LogP contribution in [0.4, 0.5) is 0 Å². The van der Waals surface area contributed by atoms with Gasteiger partial charge in [-0.15, -0.1) is 0 Å². The van der Waals surface area contributed by atoms with Crippen molar-refractivity contribution in [1.82, 2.24) is 0 Å². The lowest BCUT2D eigenvalue weighted by atomic mass is 10.0. The van der Waals surface area contributed by atoms with Crippen LogP contribution >= 0.6 is 0 Å². The molecule has 2 fully saturated rings. The summed E-state index contributed by atoms with van der Waals surface area (Å²) in [7, 11) is 0. The maximum absolute atomic E-state index is 10.8. The molecule has 2 aromatic rings. The fraction of sp³-hybridized carbons (Fsp3) is 0.400. The summed E-state index contributed by atoms with van der Waals surface area (Å²) in [6.07, 6.45) is -4.49. The second kappa shape index (κ2) is 7.84. The number of hydrogen-bond acceptors (Lipinski definition) is 6. The molecule has 2 aliphatic heterocycles. The van der Waals surface area contributed by atoms with E-state index in [9.17, 15) is 10.2 Å². The number of aliphatic hydroxyl groups is 2. The summed E-state index contributed by atoms with van der Waals surface area (Å²) in [6, 6.07) is 18.9. The standard InChI is InChI=1S/C20H22O6/c21-11-15-18-17(22)16(25-20(24-15)14-9-5-2-6-10-14)12-23-19(26-18)13-7-3-1-4-8-13/h1-10,15-22H,11-12H2/t15-,16+,17+,18+,19?,20?/m0/s1. The lowest BCUT2D eigenvalue weighted by Crippen LogP contribution is -2.45. The molecule has 2 unspecified atom stereocenters. The number of aliphatic hydroxyl groups excluding tert-OH is 2. The van der Waals surface area contributed by atoms with Crippen LogP contribution in [0, 0.1) is 0 Å². The van der Waals surface area contributed by atoms with Gasteiger partial charge in [-0.25, -0.2) is 0 Å². The number of rotatable bonds is 3. The zero-order valence-corrected chi connectivity index (χ0v) is 14.2. The topological polar surface area (TPSA) is 77.4 Å². The van der Waals surface area contributed by atoms with E-state index in [4.69, 9.17) is 18.9 Å². The Morgan fingerprint density at radius 1 is 0.808 bits per heavy atom. The first-order valence-corrected chi connectivity index (χ1v) is 8.73. The van der Waals surface area contributed by atoms with Crippen molar-refractivity contribution in [3.05, 3.63) is 71.8 Å². The molecule has 26 heavy (non-hydrogen) atoms. The van der Waals surface area contributed by atoms with Crippen molar-refractivity contribution in [2.75, 3.05) is 13.2 Å². The fourth-order valence-electron chi connectivity index (χ4n) is 3.31. The van der Waals surface area contributed by atoms with Crippen LogP contribution in [0.5, 0.6) is 0 Å². The van der Waals surface area contributed by atoms with Crippen LogP contribution in [0.3, 0.4) is 0 Å². The van der Waals surface area contributed by atoms with E-state index in [2.05, 4.69) is 0 Å². The van der Waals surface area contributed by atoms with Crippen molar-refractivity contribution >= 4 is 0 Å². The van der Waals surface area contributed by atoms with Gasteiger partial charge in [-0.2, -0.15) is 0 Å². The summed E-state index contributed by atoms with van der Waals surface area (Å²) in [6.45, 7) is -0.148. The number of benzene rings is 2. The summed E-state index contributed by atoms with van der Waals surface area (Å²) in [4.78, 5) is 0. The van der Waals surface area contributed by atoms with Gasteiger partial charge in [-0.05, 0) is 0 Å². The predicted molar refractivity (Wildman–Crippen MR) is 92.0 cm³/mol. The van der Waals surface area contributed by atoms with E-state index in [0.717, 1.165) is 11.1 Å². The maximum Gasteiger partial charge on any atom is 0.184 e. The highest BCUT2D eigenvalue weighted by atomic mass is 16.7. The molecule has 2 aliphatic rings. The zero-order chi connectivity index (χ0) is 17.9. The molecule has 6 atom stereocenters. The van der Waals surface area contributed by atoms with E-state index in [-0.39, 0.29) is 13.2 Å². The molecule has 2 saturated heterocycles. The van der Waals surface area contributed by atoms with Crippen LogP contribution < -0.4 is 0 Å². The van der Waals surface area contributed by atoms with Crippen molar-refractivity contribution in [1.29, 1.82) is 0 Å². The van der Waals surface area contributed by atoms with Crippen molar-refractivity contribution in [3.63, 3.8) is 0 Å². The van der Waals surface area contributed by atoms with E-state index >= 15 is 0 Å². The summed E-state index contributed by atoms with van der Waals surface area (Å²) in [5, 5.41) is 20.6. The second-order valence-electron chi connectivity index (χ2n) is 6.44. The SMILES string of the molecule is OC[C@@H]1OC(c2ccccc2)O[C@@H]2COC(c3ccccc3)O[C@H]1[C@@H]2O. The first kappa shape index (κ1) is 17.6. The van der Waals surface area contributed by atoms with Gasteiger partial charge in [0.1, 0.15) is 24.4 Å². The van der Waals surface area contributed by atoms with Crippen molar-refractivity contribution in [2.24, 2.45) is 0 Å². The highest BCUT2D eigenvalue weighted by Crippen LogP contribution is 2.36. The quantitative estimate of drug-likeness (QED) is 0.873. The Morgan fingerprint density at radius 3 is 2.04 bits per heavy atom. The van der Waals surface area contributed by atoms with Gasteiger partial charge in [0.15, 0.2) is 12.6 Å². The Morgan fingerprint density at radius 2 is 1.42 bits per heavy atom. The molecule has 138 valence electrons. The van der Waals surface area contributed by atoms with Gasteiger partial charge in [0.2, 0.25) is 0 Å². The van der Waals surface area contributed by atoms with Gasteiger partial charge >= 0.3 is 0 Å². The summed E-state index contributed by atoms with van der Waals surface area (Å²) >= 11 is 0. The third-order valence-electron chi connectivity index (χ3n) is 4.70. The largest absolute Gasteiger partial charge is 0.394 e. The predicted octanol–water partition coefficient (Wildman–Crippen LogP) is 1.94. The summed E-state index contributed by atoms with van der Waals surface area (Å²) in [5.74, 6) is 0. The van der Waals surface area contributed by atoms with Crippen LogP contribution in [0.25, 0.3) is 0 Å². The molecular formula is C20H22O6. The van der Waals surface area contributed by atoms with Crippen molar-refractivity contribution in [2.45, 2.75) is 37.0 Å². The molecule has 2 aromatic carbocycles. The molecular weight excluding hydrogens is 336 g/mol. The van der Waals surface area contributed by atoms with Crippen LogP contribution in [0.15, 0.2) is 60.7 Å².